The molecule has 0 bridgehead atoms. The highest BCUT2D eigenvalue weighted by atomic mass is 16.5. The van der Waals surface area contributed by atoms with E-state index in [1.54, 1.807) is 7.11 Å². The smallest absolute Gasteiger partial charge is 0.105 e. The Labute approximate surface area is 156 Å². The van der Waals surface area contributed by atoms with Gasteiger partial charge in [-0.15, -0.1) is 0 Å². The Bertz CT molecular complexity index is 684. The average molecular weight is 354 g/mol. The standard InChI is InChI=1S/C22H30N2O2/c1-3-18-15-17(9-10-20(18)24-13-11-23-12-14-24)16-21(26-2)22(25)19-7-5-4-6-8-19/h4-10,15,21-23,25H,3,11-14,16H2,1-2H3. The van der Waals surface area contributed by atoms with Gasteiger partial charge < -0.3 is 20.1 Å². The number of methoxy groups -OCH3 is 1. The molecule has 2 aromatic carbocycles. The second-order valence-corrected chi connectivity index (χ2v) is 6.89. The number of aryl methyl sites for hydroxylation is 1. The average Bonchev–Trinajstić information content (AvgIpc) is 2.72. The van der Waals surface area contributed by atoms with Gasteiger partial charge in [-0.3, -0.25) is 0 Å². The molecule has 1 saturated heterocycles. The van der Waals surface area contributed by atoms with E-state index in [1.807, 2.05) is 30.3 Å². The van der Waals surface area contributed by atoms with E-state index in [2.05, 4.69) is 35.3 Å². The lowest BCUT2D eigenvalue weighted by Crippen LogP contribution is -2.43. The highest BCUT2D eigenvalue weighted by molar-refractivity contribution is 5.55. The molecule has 2 aromatic rings. The van der Waals surface area contributed by atoms with Crippen molar-refractivity contribution in [3.63, 3.8) is 0 Å². The highest BCUT2D eigenvalue weighted by Crippen LogP contribution is 2.26. The summed E-state index contributed by atoms with van der Waals surface area (Å²) in [5.41, 5.74) is 4.82. The first-order chi connectivity index (χ1) is 12.7. The van der Waals surface area contributed by atoms with Gasteiger partial charge >= 0.3 is 0 Å². The van der Waals surface area contributed by atoms with Crippen LogP contribution < -0.4 is 10.2 Å². The molecule has 1 heterocycles. The van der Waals surface area contributed by atoms with Crippen LogP contribution >= 0.6 is 0 Å². The van der Waals surface area contributed by atoms with Crippen molar-refractivity contribution in [1.29, 1.82) is 0 Å². The molecule has 0 aliphatic carbocycles. The first-order valence-electron chi connectivity index (χ1n) is 9.56. The normalized spacial score (nSPS) is 17.1. The fraction of sp³-hybridized carbons (Fsp3) is 0.455. The third kappa shape index (κ3) is 4.44. The minimum atomic E-state index is -0.626. The van der Waals surface area contributed by atoms with Crippen molar-refractivity contribution in [2.45, 2.75) is 32.0 Å². The van der Waals surface area contributed by atoms with E-state index in [-0.39, 0.29) is 6.10 Å². The minimum Gasteiger partial charge on any atom is -0.386 e. The van der Waals surface area contributed by atoms with Crippen molar-refractivity contribution in [2.75, 3.05) is 38.2 Å². The lowest BCUT2D eigenvalue weighted by atomic mass is 9.96. The van der Waals surface area contributed by atoms with Gasteiger partial charge in [-0.1, -0.05) is 49.4 Å². The van der Waals surface area contributed by atoms with Gasteiger partial charge in [-0.2, -0.15) is 0 Å². The first-order valence-corrected chi connectivity index (χ1v) is 9.56. The van der Waals surface area contributed by atoms with Crippen LogP contribution in [0.4, 0.5) is 5.69 Å². The van der Waals surface area contributed by atoms with Crippen LogP contribution in [-0.4, -0.2) is 44.5 Å². The Kier molecular flexibility index (Phi) is 6.67. The summed E-state index contributed by atoms with van der Waals surface area (Å²) in [6, 6.07) is 16.4. The predicted molar refractivity (Wildman–Crippen MR) is 107 cm³/mol. The molecule has 140 valence electrons. The number of benzene rings is 2. The van der Waals surface area contributed by atoms with Crippen molar-refractivity contribution in [3.8, 4) is 0 Å². The van der Waals surface area contributed by atoms with Gasteiger partial charge in [0.25, 0.3) is 0 Å². The Morgan fingerprint density at radius 2 is 1.85 bits per heavy atom. The molecule has 0 amide bonds. The molecule has 2 N–H and O–H groups in total. The number of anilines is 1. The van der Waals surface area contributed by atoms with Gasteiger partial charge in [0.05, 0.1) is 6.10 Å². The summed E-state index contributed by atoms with van der Waals surface area (Å²) in [6.45, 7) is 6.40. The molecule has 4 nitrogen and oxygen atoms in total. The summed E-state index contributed by atoms with van der Waals surface area (Å²) in [4.78, 5) is 2.46. The largest absolute Gasteiger partial charge is 0.386 e. The minimum absolute atomic E-state index is 0.257. The van der Waals surface area contributed by atoms with E-state index in [0.29, 0.717) is 6.42 Å². The van der Waals surface area contributed by atoms with Gasteiger partial charge in [0.15, 0.2) is 0 Å². The summed E-state index contributed by atoms with van der Waals surface area (Å²) in [6.07, 6.45) is 0.819. The van der Waals surface area contributed by atoms with Crippen LogP contribution in [0.1, 0.15) is 29.7 Å². The molecule has 2 unspecified atom stereocenters. The molecule has 0 radical (unpaired) electrons. The maximum absolute atomic E-state index is 10.7. The van der Waals surface area contributed by atoms with Crippen molar-refractivity contribution >= 4 is 5.69 Å². The number of piperazine rings is 1. The molecule has 0 spiro atoms. The third-order valence-corrected chi connectivity index (χ3v) is 5.22. The van der Waals surface area contributed by atoms with Gasteiger partial charge in [-0.05, 0) is 29.2 Å². The Hall–Kier alpha value is -1.88. The molecule has 2 atom stereocenters. The molecule has 0 saturated carbocycles. The molecule has 1 fully saturated rings. The Morgan fingerprint density at radius 1 is 1.12 bits per heavy atom. The van der Waals surface area contributed by atoms with Gasteiger partial charge in [0.2, 0.25) is 0 Å². The van der Waals surface area contributed by atoms with Crippen LogP contribution in [0.3, 0.4) is 0 Å². The summed E-state index contributed by atoms with van der Waals surface area (Å²) < 4.78 is 5.62. The fourth-order valence-corrected chi connectivity index (χ4v) is 3.68. The number of hydrogen-bond donors (Lipinski definition) is 2. The summed E-state index contributed by atoms with van der Waals surface area (Å²) >= 11 is 0. The van der Waals surface area contributed by atoms with Crippen LogP contribution in [0.5, 0.6) is 0 Å². The van der Waals surface area contributed by atoms with E-state index < -0.39 is 6.10 Å². The zero-order chi connectivity index (χ0) is 18.4. The van der Waals surface area contributed by atoms with Crippen molar-refractivity contribution in [1.82, 2.24) is 5.32 Å². The van der Waals surface area contributed by atoms with Crippen LogP contribution in [0, 0.1) is 0 Å². The van der Waals surface area contributed by atoms with Crippen LogP contribution in [0.2, 0.25) is 0 Å². The molecule has 1 aliphatic heterocycles. The Balaban J connectivity index is 1.75. The van der Waals surface area contributed by atoms with Crippen LogP contribution in [0.25, 0.3) is 0 Å². The molecule has 0 aromatic heterocycles. The van der Waals surface area contributed by atoms with Gasteiger partial charge in [-0.25, -0.2) is 0 Å². The van der Waals surface area contributed by atoms with E-state index in [0.717, 1.165) is 38.2 Å². The van der Waals surface area contributed by atoms with E-state index in [9.17, 15) is 5.11 Å². The zero-order valence-electron chi connectivity index (χ0n) is 15.8. The number of hydrogen-bond acceptors (Lipinski definition) is 4. The van der Waals surface area contributed by atoms with E-state index in [1.165, 1.54) is 16.8 Å². The number of rotatable bonds is 7. The summed E-state index contributed by atoms with van der Waals surface area (Å²) in [7, 11) is 1.67. The van der Waals surface area contributed by atoms with Gasteiger partial charge in [0, 0.05) is 45.4 Å². The number of nitrogens with zero attached hydrogens (tertiary/aromatic N) is 1. The lowest BCUT2D eigenvalue weighted by Gasteiger charge is -2.31. The van der Waals surface area contributed by atoms with E-state index in [4.69, 9.17) is 4.74 Å². The quantitative estimate of drug-likeness (QED) is 0.802. The van der Waals surface area contributed by atoms with Crippen LogP contribution in [0.15, 0.2) is 48.5 Å². The maximum atomic E-state index is 10.7. The predicted octanol–water partition coefficient (Wildman–Crippen LogP) is 2.95. The lowest BCUT2D eigenvalue weighted by molar-refractivity contribution is -0.0125. The molecule has 1 aliphatic rings. The molecule has 3 rings (SSSR count). The first kappa shape index (κ1) is 18.9. The topological polar surface area (TPSA) is 44.7 Å². The highest BCUT2D eigenvalue weighted by Gasteiger charge is 2.22. The molecule has 4 heteroatoms. The second-order valence-electron chi connectivity index (χ2n) is 6.89. The number of aliphatic hydroxyl groups excluding tert-OH is 1. The second kappa shape index (κ2) is 9.17. The molecular formula is C22H30N2O2. The van der Waals surface area contributed by atoms with Crippen LogP contribution in [-0.2, 0) is 17.6 Å². The molecule has 26 heavy (non-hydrogen) atoms. The summed E-state index contributed by atoms with van der Waals surface area (Å²) in [5, 5.41) is 14.1. The van der Waals surface area contributed by atoms with Crippen molar-refractivity contribution in [3.05, 3.63) is 65.2 Å². The maximum Gasteiger partial charge on any atom is 0.105 e. The van der Waals surface area contributed by atoms with Crippen molar-refractivity contribution < 1.29 is 9.84 Å². The van der Waals surface area contributed by atoms with Gasteiger partial charge in [0.1, 0.15) is 6.10 Å². The third-order valence-electron chi connectivity index (χ3n) is 5.22. The zero-order valence-corrected chi connectivity index (χ0v) is 15.8. The number of nitrogens with one attached hydrogen (secondary N) is 1. The Morgan fingerprint density at radius 3 is 2.50 bits per heavy atom. The monoisotopic (exact) mass is 354 g/mol. The fourth-order valence-electron chi connectivity index (χ4n) is 3.68. The molecular weight excluding hydrogens is 324 g/mol. The number of aliphatic hydroxyl groups is 1. The number of ether oxygens (including phenoxy) is 1. The SMILES string of the molecule is CCc1cc(CC(OC)C(O)c2ccccc2)ccc1N1CCNCC1. The van der Waals surface area contributed by atoms with E-state index >= 15 is 0 Å². The van der Waals surface area contributed by atoms with Crippen molar-refractivity contribution in [2.24, 2.45) is 0 Å². The summed E-state index contributed by atoms with van der Waals surface area (Å²) in [5.74, 6) is 0.